The topological polar surface area (TPSA) is 111 Å². The second-order valence-corrected chi connectivity index (χ2v) is 12.1. The van der Waals surface area contributed by atoms with E-state index >= 15 is 0 Å². The number of fused-ring (bicyclic) bond motifs is 1. The van der Waals surface area contributed by atoms with Crippen molar-refractivity contribution in [3.05, 3.63) is 138 Å². The molecule has 8 nitrogen and oxygen atoms in total. The van der Waals surface area contributed by atoms with Crippen molar-refractivity contribution in [1.82, 2.24) is 4.57 Å². The number of benzene rings is 3. The molecule has 1 aliphatic rings. The molecule has 0 bridgehead atoms. The zero-order valence-electron chi connectivity index (χ0n) is 24.6. The summed E-state index contributed by atoms with van der Waals surface area (Å²) in [6.45, 7) is 3.79. The second kappa shape index (κ2) is 12.6. The molecule has 0 spiro atoms. The number of aromatic carboxylic acids is 1. The van der Waals surface area contributed by atoms with E-state index in [1.54, 1.807) is 59.7 Å². The molecule has 45 heavy (non-hydrogen) atoms. The quantitative estimate of drug-likeness (QED) is 0.166. The van der Waals surface area contributed by atoms with E-state index in [0.29, 0.717) is 32.1 Å². The van der Waals surface area contributed by atoms with Gasteiger partial charge in [0.15, 0.2) is 4.80 Å². The van der Waals surface area contributed by atoms with Crippen LogP contribution in [0.15, 0.2) is 110 Å². The van der Waals surface area contributed by atoms with E-state index in [-0.39, 0.29) is 23.3 Å². The van der Waals surface area contributed by atoms with Crippen molar-refractivity contribution in [2.24, 2.45) is 4.99 Å². The number of carbonyl (C=O) groups excluding carboxylic acids is 1. The Bertz CT molecular complexity index is 2140. The van der Waals surface area contributed by atoms with Gasteiger partial charge in [0.2, 0.25) is 0 Å². The van der Waals surface area contributed by atoms with Gasteiger partial charge in [-0.2, -0.15) is 0 Å². The second-order valence-electron chi connectivity index (χ2n) is 10.2. The van der Waals surface area contributed by atoms with Gasteiger partial charge < -0.3 is 14.3 Å². The van der Waals surface area contributed by atoms with Gasteiger partial charge in [-0.1, -0.05) is 59.9 Å². The summed E-state index contributed by atoms with van der Waals surface area (Å²) < 4.78 is 13.5. The normalized spacial score (nSPS) is 14.6. The summed E-state index contributed by atoms with van der Waals surface area (Å²) >= 11 is 2.80. The molecule has 3 aromatic carbocycles. The van der Waals surface area contributed by atoms with E-state index < -0.39 is 18.0 Å². The van der Waals surface area contributed by atoms with Crippen molar-refractivity contribution < 1.29 is 23.8 Å². The van der Waals surface area contributed by atoms with Crippen LogP contribution in [0.3, 0.4) is 0 Å². The molecule has 2 aromatic heterocycles. The maximum atomic E-state index is 14.1. The number of hydrogen-bond acceptors (Lipinski definition) is 8. The molecule has 0 saturated heterocycles. The van der Waals surface area contributed by atoms with Crippen molar-refractivity contribution in [2.45, 2.75) is 24.8 Å². The minimum atomic E-state index is -1.03. The van der Waals surface area contributed by atoms with E-state index in [4.69, 9.17) is 14.1 Å². The zero-order chi connectivity index (χ0) is 31.7. The van der Waals surface area contributed by atoms with E-state index in [1.165, 1.54) is 11.3 Å². The highest BCUT2D eigenvalue weighted by Gasteiger charge is 2.35. The zero-order valence-corrected chi connectivity index (χ0v) is 26.3. The number of carbonyl (C=O) groups is 2. The predicted molar refractivity (Wildman–Crippen MR) is 175 cm³/mol. The third-order valence-corrected chi connectivity index (χ3v) is 9.18. The molecule has 6 rings (SSSR count). The lowest BCUT2D eigenvalue weighted by Gasteiger charge is -2.26. The number of hydrogen-bond donors (Lipinski definition) is 1. The van der Waals surface area contributed by atoms with Crippen LogP contribution in [-0.2, 0) is 9.53 Å². The highest BCUT2D eigenvalue weighted by atomic mass is 32.2. The molecule has 3 heterocycles. The summed E-state index contributed by atoms with van der Waals surface area (Å²) in [5, 5.41) is 9.45. The lowest BCUT2D eigenvalue weighted by molar-refractivity contribution is -0.138. The molecule has 0 fully saturated rings. The summed E-state index contributed by atoms with van der Waals surface area (Å²) in [4.78, 5) is 45.7. The lowest BCUT2D eigenvalue weighted by atomic mass is 9.93. The van der Waals surface area contributed by atoms with Gasteiger partial charge in [-0.15, -0.1) is 11.8 Å². The highest BCUT2D eigenvalue weighted by Crippen LogP contribution is 2.36. The monoisotopic (exact) mass is 636 g/mol. The van der Waals surface area contributed by atoms with Crippen molar-refractivity contribution in [1.29, 1.82) is 0 Å². The van der Waals surface area contributed by atoms with Crippen LogP contribution in [0.4, 0.5) is 0 Å². The Balaban J connectivity index is 1.54. The smallest absolute Gasteiger partial charge is 0.338 e. The summed E-state index contributed by atoms with van der Waals surface area (Å²) in [6.07, 6.45) is 3.63. The number of thioether (sulfide) groups is 1. The Kier molecular flexibility index (Phi) is 8.42. The number of furan rings is 1. The fraction of sp³-hybridized carbons (Fsp3) is 0.143. The van der Waals surface area contributed by atoms with E-state index in [0.717, 1.165) is 21.6 Å². The molecule has 0 radical (unpaired) electrons. The first-order chi connectivity index (χ1) is 21.8. The van der Waals surface area contributed by atoms with Crippen LogP contribution in [0.2, 0.25) is 0 Å². The Morgan fingerprint density at radius 1 is 1.07 bits per heavy atom. The maximum Gasteiger partial charge on any atom is 0.338 e. The first kappa shape index (κ1) is 30.1. The van der Waals surface area contributed by atoms with Gasteiger partial charge in [-0.05, 0) is 67.6 Å². The Morgan fingerprint density at radius 2 is 1.82 bits per heavy atom. The average molecular weight is 637 g/mol. The minimum absolute atomic E-state index is 0.152. The van der Waals surface area contributed by atoms with Gasteiger partial charge in [0.25, 0.3) is 5.56 Å². The van der Waals surface area contributed by atoms with Gasteiger partial charge in [0.05, 0.1) is 34.0 Å². The number of rotatable bonds is 8. The van der Waals surface area contributed by atoms with E-state index in [9.17, 15) is 19.5 Å². The molecule has 1 aliphatic heterocycles. The molecule has 0 aliphatic carbocycles. The van der Waals surface area contributed by atoms with E-state index in [1.807, 2.05) is 67.8 Å². The summed E-state index contributed by atoms with van der Waals surface area (Å²) in [6, 6.07) is 24.7. The largest absolute Gasteiger partial charge is 0.478 e. The number of aryl methyl sites for hydroxylation is 1. The number of nitrogens with zero attached hydrogens (tertiary/aromatic N) is 2. The van der Waals surface area contributed by atoms with Crippen molar-refractivity contribution in [2.75, 3.05) is 12.9 Å². The fourth-order valence-electron chi connectivity index (χ4n) is 5.27. The number of aromatic nitrogens is 1. The number of esters is 1. The summed E-state index contributed by atoms with van der Waals surface area (Å²) in [5.41, 5.74) is 3.55. The van der Waals surface area contributed by atoms with Crippen LogP contribution in [-0.4, -0.2) is 34.5 Å². The van der Waals surface area contributed by atoms with Gasteiger partial charge in [0, 0.05) is 22.1 Å². The molecule has 10 heteroatoms. The molecule has 5 aromatic rings. The van der Waals surface area contributed by atoms with Crippen molar-refractivity contribution in [3.63, 3.8) is 0 Å². The van der Waals surface area contributed by atoms with Crippen LogP contribution in [0.1, 0.15) is 45.8 Å². The fourth-order valence-corrected chi connectivity index (χ4v) is 6.66. The van der Waals surface area contributed by atoms with Crippen LogP contribution in [0.5, 0.6) is 0 Å². The standard InChI is InChI=1S/C35H28N2O6S2/c1-4-42-34(41)29-30(21-8-6-5-7-9-21)36-35-37(31(29)22-12-15-25(44-3)16-13-22)32(38)28(45-35)19-24-14-17-27(43-24)26-18-23(33(39)40)11-10-20(26)2/h5-19,31H,4H2,1-3H3,(H,39,40)/b28-19-/t31-/m0/s1. The average Bonchev–Trinajstić information content (AvgIpc) is 3.64. The number of thiazole rings is 1. The minimum Gasteiger partial charge on any atom is -0.478 e. The molecule has 0 amide bonds. The van der Waals surface area contributed by atoms with Crippen molar-refractivity contribution >= 4 is 46.8 Å². The van der Waals surface area contributed by atoms with Crippen molar-refractivity contribution in [3.8, 4) is 11.3 Å². The van der Waals surface area contributed by atoms with Gasteiger partial charge in [-0.25, -0.2) is 14.6 Å². The van der Waals surface area contributed by atoms with Crippen LogP contribution >= 0.6 is 23.1 Å². The first-order valence-corrected chi connectivity index (χ1v) is 16.2. The van der Waals surface area contributed by atoms with Crippen LogP contribution < -0.4 is 14.9 Å². The predicted octanol–water partition coefficient (Wildman–Crippen LogP) is 5.92. The van der Waals surface area contributed by atoms with Gasteiger partial charge in [-0.3, -0.25) is 9.36 Å². The third kappa shape index (κ3) is 5.82. The Hall–Kier alpha value is -4.93. The Morgan fingerprint density at radius 3 is 2.51 bits per heavy atom. The summed E-state index contributed by atoms with van der Waals surface area (Å²) in [7, 11) is 0. The highest BCUT2D eigenvalue weighted by molar-refractivity contribution is 7.98. The lowest BCUT2D eigenvalue weighted by Crippen LogP contribution is -2.40. The SMILES string of the molecule is CCOC(=O)C1=C(c2ccccc2)N=c2s/c(=C\c3ccc(-c4cc(C(=O)O)ccc4C)o3)c(=O)n2[C@H]1c1ccc(SC)cc1. The molecule has 1 N–H and O–H groups in total. The number of ether oxygens (including phenoxy) is 1. The Labute approximate surface area is 266 Å². The first-order valence-electron chi connectivity index (χ1n) is 14.2. The van der Waals surface area contributed by atoms with Crippen LogP contribution in [0.25, 0.3) is 23.1 Å². The molecule has 226 valence electrons. The summed E-state index contributed by atoms with van der Waals surface area (Å²) in [5.74, 6) is -0.664. The number of carboxylic acid groups (broad SMARTS) is 1. The van der Waals surface area contributed by atoms with E-state index in [2.05, 4.69) is 0 Å². The molecule has 1 atom stereocenters. The maximum absolute atomic E-state index is 14.1. The molecular weight excluding hydrogens is 609 g/mol. The molecule has 0 unspecified atom stereocenters. The van der Waals surface area contributed by atoms with Crippen LogP contribution in [0, 0.1) is 6.92 Å². The van der Waals surface area contributed by atoms with Gasteiger partial charge >= 0.3 is 11.9 Å². The van der Waals surface area contributed by atoms with Gasteiger partial charge in [0.1, 0.15) is 11.5 Å². The molecule has 0 saturated carbocycles. The molecular formula is C35H28N2O6S2. The third-order valence-electron chi connectivity index (χ3n) is 7.46. The number of carboxylic acids is 1.